The maximum Gasteiger partial charge on any atom is 0.135 e. The summed E-state index contributed by atoms with van der Waals surface area (Å²) in [5.74, 6) is 2.73. The van der Waals surface area contributed by atoms with Crippen molar-refractivity contribution in [2.75, 3.05) is 18.0 Å². The van der Waals surface area contributed by atoms with Gasteiger partial charge in [0.05, 0.1) is 12.2 Å². The lowest BCUT2D eigenvalue weighted by atomic mass is 9.95. The van der Waals surface area contributed by atoms with Crippen molar-refractivity contribution in [1.29, 1.82) is 0 Å². The lowest BCUT2D eigenvalue weighted by molar-refractivity contribution is 0.467. The Labute approximate surface area is 154 Å². The maximum absolute atomic E-state index is 4.66. The summed E-state index contributed by atoms with van der Waals surface area (Å²) < 4.78 is 2.24. The molecule has 3 aromatic rings. The van der Waals surface area contributed by atoms with E-state index in [0.717, 1.165) is 49.7 Å². The normalized spacial score (nSPS) is 15.4. The first-order valence-electron chi connectivity index (χ1n) is 9.16. The topological polar surface area (TPSA) is 59.7 Å². The first-order valence-corrected chi connectivity index (χ1v) is 9.16. The zero-order valence-electron chi connectivity index (χ0n) is 15.3. The fraction of sp³-hybridized carbons (Fsp3) is 0.400. The van der Waals surface area contributed by atoms with Gasteiger partial charge in [0.1, 0.15) is 18.0 Å². The van der Waals surface area contributed by atoms with E-state index in [1.54, 1.807) is 6.33 Å². The van der Waals surface area contributed by atoms with Gasteiger partial charge >= 0.3 is 0 Å². The molecule has 4 heterocycles. The van der Waals surface area contributed by atoms with Gasteiger partial charge in [-0.3, -0.25) is 4.98 Å². The second kappa shape index (κ2) is 7.23. The molecule has 26 heavy (non-hydrogen) atoms. The van der Waals surface area contributed by atoms with Gasteiger partial charge in [-0.1, -0.05) is 6.07 Å². The molecule has 0 bridgehead atoms. The molecule has 0 amide bonds. The summed E-state index contributed by atoms with van der Waals surface area (Å²) in [5, 5.41) is 0. The lowest BCUT2D eigenvalue weighted by Crippen LogP contribution is -2.35. The van der Waals surface area contributed by atoms with Gasteiger partial charge in [-0.15, -0.1) is 0 Å². The number of hydrogen-bond acceptors (Lipinski definition) is 5. The van der Waals surface area contributed by atoms with Crippen LogP contribution in [0, 0.1) is 13.8 Å². The molecule has 0 N–H and O–H groups in total. The molecule has 3 aromatic heterocycles. The number of anilines is 1. The van der Waals surface area contributed by atoms with Crippen LogP contribution < -0.4 is 4.90 Å². The zero-order valence-corrected chi connectivity index (χ0v) is 15.3. The predicted octanol–water partition coefficient (Wildman–Crippen LogP) is 3.12. The van der Waals surface area contributed by atoms with Crippen LogP contribution in [0.4, 0.5) is 5.82 Å². The third-order valence-corrected chi connectivity index (χ3v) is 5.28. The second-order valence-corrected chi connectivity index (χ2v) is 6.90. The summed E-state index contributed by atoms with van der Waals surface area (Å²) in [6.45, 7) is 6.93. The minimum Gasteiger partial charge on any atom is -0.356 e. The Morgan fingerprint density at radius 3 is 2.62 bits per heavy atom. The van der Waals surface area contributed by atoms with E-state index >= 15 is 0 Å². The van der Waals surface area contributed by atoms with Gasteiger partial charge < -0.3 is 9.47 Å². The third-order valence-electron chi connectivity index (χ3n) is 5.28. The summed E-state index contributed by atoms with van der Waals surface area (Å²) in [4.78, 5) is 20.3. The van der Waals surface area contributed by atoms with Crippen LogP contribution in [0.15, 0.2) is 43.1 Å². The van der Waals surface area contributed by atoms with Crippen molar-refractivity contribution in [2.24, 2.45) is 0 Å². The van der Waals surface area contributed by atoms with Gasteiger partial charge in [0.25, 0.3) is 0 Å². The summed E-state index contributed by atoms with van der Waals surface area (Å²) in [5.41, 5.74) is 3.31. The first-order chi connectivity index (χ1) is 12.7. The van der Waals surface area contributed by atoms with Crippen molar-refractivity contribution in [1.82, 2.24) is 24.5 Å². The van der Waals surface area contributed by atoms with Crippen LogP contribution in [-0.4, -0.2) is 37.6 Å². The van der Waals surface area contributed by atoms with Gasteiger partial charge in [0, 0.05) is 48.9 Å². The molecule has 0 aliphatic carbocycles. The van der Waals surface area contributed by atoms with E-state index in [-0.39, 0.29) is 0 Å². The van der Waals surface area contributed by atoms with Crippen molar-refractivity contribution in [3.63, 3.8) is 0 Å². The molecule has 0 saturated carbocycles. The molecule has 1 saturated heterocycles. The molecular weight excluding hydrogens is 324 g/mol. The number of hydrogen-bond donors (Lipinski definition) is 0. The molecule has 0 spiro atoms. The van der Waals surface area contributed by atoms with Crippen LogP contribution in [0.1, 0.15) is 41.5 Å². The van der Waals surface area contributed by atoms with E-state index in [0.29, 0.717) is 5.92 Å². The highest BCUT2D eigenvalue weighted by Crippen LogP contribution is 2.30. The molecule has 0 aromatic carbocycles. The van der Waals surface area contributed by atoms with E-state index in [4.69, 9.17) is 0 Å². The van der Waals surface area contributed by atoms with Gasteiger partial charge in [-0.05, 0) is 38.8 Å². The zero-order chi connectivity index (χ0) is 17.9. The standard InChI is InChI=1S/C20H24N6/c1-15-16(2)23-14-24-19(15)25-10-6-17(7-11-25)20-22-9-12-26(20)13-18-5-3-4-8-21-18/h3-5,8-9,12,14,17H,6-7,10-11,13H2,1-2H3. The van der Waals surface area contributed by atoms with E-state index in [9.17, 15) is 0 Å². The number of aryl methyl sites for hydroxylation is 1. The summed E-state index contributed by atoms with van der Waals surface area (Å²) in [6.07, 6.45) is 9.65. The Morgan fingerprint density at radius 2 is 1.85 bits per heavy atom. The van der Waals surface area contributed by atoms with Gasteiger partial charge in [0.15, 0.2) is 0 Å². The molecule has 1 aliphatic rings. The van der Waals surface area contributed by atoms with Crippen molar-refractivity contribution < 1.29 is 0 Å². The highest BCUT2D eigenvalue weighted by Gasteiger charge is 2.25. The van der Waals surface area contributed by atoms with Crippen molar-refractivity contribution in [3.05, 3.63) is 65.9 Å². The van der Waals surface area contributed by atoms with Crippen LogP contribution in [0.2, 0.25) is 0 Å². The Balaban J connectivity index is 1.46. The smallest absolute Gasteiger partial charge is 0.135 e. The minimum absolute atomic E-state index is 0.480. The summed E-state index contributed by atoms with van der Waals surface area (Å²) >= 11 is 0. The first kappa shape index (κ1) is 16.7. The number of aromatic nitrogens is 5. The van der Waals surface area contributed by atoms with E-state index in [1.165, 1.54) is 11.4 Å². The summed E-state index contributed by atoms with van der Waals surface area (Å²) in [6, 6.07) is 6.04. The highest BCUT2D eigenvalue weighted by molar-refractivity contribution is 5.47. The van der Waals surface area contributed by atoms with Gasteiger partial charge in [-0.2, -0.15) is 0 Å². The van der Waals surface area contributed by atoms with Gasteiger partial charge in [-0.25, -0.2) is 15.0 Å². The van der Waals surface area contributed by atoms with E-state index in [2.05, 4.69) is 48.6 Å². The number of imidazole rings is 1. The Morgan fingerprint density at radius 1 is 1.00 bits per heavy atom. The fourth-order valence-corrected chi connectivity index (χ4v) is 3.67. The van der Waals surface area contributed by atoms with Crippen LogP contribution in [0.3, 0.4) is 0 Å². The Hall–Kier alpha value is -2.76. The molecular formula is C20H24N6. The Bertz CT molecular complexity index is 865. The van der Waals surface area contributed by atoms with Crippen LogP contribution in [0.5, 0.6) is 0 Å². The highest BCUT2D eigenvalue weighted by atomic mass is 15.2. The maximum atomic E-state index is 4.66. The lowest BCUT2D eigenvalue weighted by Gasteiger charge is -2.33. The van der Waals surface area contributed by atoms with E-state index < -0.39 is 0 Å². The average molecular weight is 348 g/mol. The molecule has 4 rings (SSSR count). The van der Waals surface area contributed by atoms with Crippen molar-refractivity contribution in [2.45, 2.75) is 39.2 Å². The largest absolute Gasteiger partial charge is 0.356 e. The number of piperidine rings is 1. The number of pyridine rings is 1. The predicted molar refractivity (Wildman–Crippen MR) is 101 cm³/mol. The SMILES string of the molecule is Cc1ncnc(N2CCC(c3nccn3Cc3ccccn3)CC2)c1C. The molecule has 1 fully saturated rings. The average Bonchev–Trinajstić information content (AvgIpc) is 3.13. The molecule has 6 heteroatoms. The second-order valence-electron chi connectivity index (χ2n) is 6.90. The van der Waals surface area contributed by atoms with Crippen LogP contribution in [0.25, 0.3) is 0 Å². The van der Waals surface area contributed by atoms with Crippen LogP contribution >= 0.6 is 0 Å². The van der Waals surface area contributed by atoms with Gasteiger partial charge in [0.2, 0.25) is 0 Å². The van der Waals surface area contributed by atoms with Crippen molar-refractivity contribution in [3.8, 4) is 0 Å². The minimum atomic E-state index is 0.480. The van der Waals surface area contributed by atoms with E-state index in [1.807, 2.05) is 31.5 Å². The monoisotopic (exact) mass is 348 g/mol. The number of nitrogens with zero attached hydrogens (tertiary/aromatic N) is 6. The molecule has 6 nitrogen and oxygen atoms in total. The molecule has 0 unspecified atom stereocenters. The fourth-order valence-electron chi connectivity index (χ4n) is 3.67. The number of rotatable bonds is 4. The Kier molecular flexibility index (Phi) is 4.65. The van der Waals surface area contributed by atoms with Crippen LogP contribution in [-0.2, 0) is 6.54 Å². The molecule has 0 radical (unpaired) electrons. The molecule has 0 atom stereocenters. The van der Waals surface area contributed by atoms with Crippen molar-refractivity contribution >= 4 is 5.82 Å². The molecule has 134 valence electrons. The third kappa shape index (κ3) is 3.31. The summed E-state index contributed by atoms with van der Waals surface area (Å²) in [7, 11) is 0. The molecule has 1 aliphatic heterocycles. The quantitative estimate of drug-likeness (QED) is 0.725.